The molecule has 0 saturated heterocycles. The van der Waals surface area contributed by atoms with Gasteiger partial charge in [-0.2, -0.15) is 0 Å². The fraction of sp³-hybridized carbons (Fsp3) is 0.650. The summed E-state index contributed by atoms with van der Waals surface area (Å²) in [5, 5.41) is 19.7. The minimum Gasteiger partial charge on any atom is -0.504 e. The zero-order valence-corrected chi connectivity index (χ0v) is 14.4. The Kier molecular flexibility index (Phi) is 3.55. The quantitative estimate of drug-likeness (QED) is 0.861. The third-order valence-corrected chi connectivity index (χ3v) is 7.32. The molecule has 3 aliphatic rings. The summed E-state index contributed by atoms with van der Waals surface area (Å²) in [7, 11) is 1.59. The highest BCUT2D eigenvalue weighted by molar-refractivity contribution is 5.71. The van der Waals surface area contributed by atoms with Crippen molar-refractivity contribution in [1.82, 2.24) is 0 Å². The second-order valence-corrected chi connectivity index (χ2v) is 8.15. The molecule has 2 N–H and O–H groups in total. The van der Waals surface area contributed by atoms with Gasteiger partial charge in [-0.3, -0.25) is 4.79 Å². The van der Waals surface area contributed by atoms with Crippen molar-refractivity contribution in [3.05, 3.63) is 23.3 Å². The molecule has 0 aliphatic heterocycles. The lowest BCUT2D eigenvalue weighted by molar-refractivity contribution is -0.147. The van der Waals surface area contributed by atoms with Crippen molar-refractivity contribution >= 4 is 5.97 Å². The Balaban J connectivity index is 1.70. The number of aliphatic carboxylic acids is 1. The number of carbonyl (C=O) groups is 1. The van der Waals surface area contributed by atoms with Gasteiger partial charge in [-0.1, -0.05) is 6.92 Å². The van der Waals surface area contributed by atoms with Crippen LogP contribution in [0, 0.1) is 23.2 Å². The number of benzene rings is 1. The Morgan fingerprint density at radius 1 is 1.25 bits per heavy atom. The molecule has 4 nitrogen and oxygen atoms in total. The number of fused-ring (bicyclic) bond motifs is 5. The summed E-state index contributed by atoms with van der Waals surface area (Å²) < 4.78 is 5.32. The van der Waals surface area contributed by atoms with Crippen LogP contribution in [-0.4, -0.2) is 23.3 Å². The van der Waals surface area contributed by atoms with Crippen molar-refractivity contribution < 1.29 is 19.7 Å². The molecule has 1 aromatic rings. The summed E-state index contributed by atoms with van der Waals surface area (Å²) in [6.07, 6.45) is 5.97. The Hall–Kier alpha value is -1.71. The molecule has 3 aliphatic carbocycles. The highest BCUT2D eigenvalue weighted by Crippen LogP contribution is 2.63. The van der Waals surface area contributed by atoms with Crippen LogP contribution in [0.2, 0.25) is 0 Å². The van der Waals surface area contributed by atoms with Crippen molar-refractivity contribution in [3.8, 4) is 11.5 Å². The van der Waals surface area contributed by atoms with E-state index < -0.39 is 5.97 Å². The minimum atomic E-state index is -0.610. The first-order chi connectivity index (χ1) is 11.5. The topological polar surface area (TPSA) is 66.8 Å². The summed E-state index contributed by atoms with van der Waals surface area (Å²) in [6.45, 7) is 2.21. The number of hydrogen-bond donors (Lipinski definition) is 2. The molecule has 4 heteroatoms. The first kappa shape index (κ1) is 15.8. The third kappa shape index (κ3) is 2.08. The Morgan fingerprint density at radius 2 is 2.04 bits per heavy atom. The van der Waals surface area contributed by atoms with Gasteiger partial charge in [0.15, 0.2) is 11.5 Å². The van der Waals surface area contributed by atoms with Crippen molar-refractivity contribution in [2.75, 3.05) is 7.11 Å². The van der Waals surface area contributed by atoms with E-state index in [1.54, 1.807) is 7.11 Å². The fourth-order valence-electron chi connectivity index (χ4n) is 6.16. The molecule has 130 valence electrons. The summed E-state index contributed by atoms with van der Waals surface area (Å²) in [5.41, 5.74) is 2.51. The van der Waals surface area contributed by atoms with E-state index in [0.717, 1.165) is 38.5 Å². The highest BCUT2D eigenvalue weighted by atomic mass is 16.5. The van der Waals surface area contributed by atoms with Gasteiger partial charge in [-0.25, -0.2) is 0 Å². The number of methoxy groups -OCH3 is 1. The summed E-state index contributed by atoms with van der Waals surface area (Å²) in [5.74, 6) is 1.54. The predicted octanol–water partition coefficient (Wildman–Crippen LogP) is 3.96. The number of carboxylic acid groups (broad SMARTS) is 1. The molecule has 4 rings (SSSR count). The molecule has 24 heavy (non-hydrogen) atoms. The standard InChI is InChI=1S/C20H26O4/c1-20-8-7-12-13(15(20)5-6-16(20)19(22)23)4-3-11-9-17(21)18(24-2)10-14(11)12/h9-10,12-13,15-16,21H,3-8H2,1-2H3,(H,22,23)/t12-,13+,15-,16?,20-/m0/s1. The van der Waals surface area contributed by atoms with Crippen LogP contribution in [0.4, 0.5) is 0 Å². The molecule has 5 atom stereocenters. The number of hydrogen-bond acceptors (Lipinski definition) is 3. The normalized spacial score (nSPS) is 37.2. The van der Waals surface area contributed by atoms with Crippen LogP contribution < -0.4 is 4.74 Å². The number of carboxylic acids is 1. The Morgan fingerprint density at radius 3 is 2.75 bits per heavy atom. The van der Waals surface area contributed by atoms with Crippen LogP contribution in [-0.2, 0) is 11.2 Å². The van der Waals surface area contributed by atoms with E-state index in [1.807, 2.05) is 12.1 Å². The molecule has 0 heterocycles. The van der Waals surface area contributed by atoms with Crippen LogP contribution in [0.1, 0.15) is 56.1 Å². The van der Waals surface area contributed by atoms with E-state index in [0.29, 0.717) is 23.5 Å². The summed E-state index contributed by atoms with van der Waals surface area (Å²) in [4.78, 5) is 11.7. The monoisotopic (exact) mass is 330 g/mol. The van der Waals surface area contributed by atoms with E-state index >= 15 is 0 Å². The van der Waals surface area contributed by atoms with Gasteiger partial charge >= 0.3 is 5.97 Å². The molecule has 1 aromatic carbocycles. The first-order valence-electron chi connectivity index (χ1n) is 9.08. The van der Waals surface area contributed by atoms with Crippen molar-refractivity contribution in [1.29, 1.82) is 0 Å². The van der Waals surface area contributed by atoms with Crippen LogP contribution in [0.15, 0.2) is 12.1 Å². The molecule has 2 fully saturated rings. The maximum Gasteiger partial charge on any atom is 0.307 e. The van der Waals surface area contributed by atoms with Gasteiger partial charge in [0.25, 0.3) is 0 Å². The second-order valence-electron chi connectivity index (χ2n) is 8.15. The van der Waals surface area contributed by atoms with Crippen molar-refractivity contribution in [2.24, 2.45) is 23.2 Å². The van der Waals surface area contributed by atoms with Gasteiger partial charge in [0.05, 0.1) is 13.0 Å². The van der Waals surface area contributed by atoms with Gasteiger partial charge in [0, 0.05) is 0 Å². The van der Waals surface area contributed by atoms with E-state index in [2.05, 4.69) is 6.92 Å². The zero-order chi connectivity index (χ0) is 17.1. The molecule has 0 amide bonds. The van der Waals surface area contributed by atoms with Crippen LogP contribution in [0.5, 0.6) is 11.5 Å². The van der Waals surface area contributed by atoms with Gasteiger partial charge in [-0.15, -0.1) is 0 Å². The SMILES string of the molecule is COc1cc2c(cc1O)CC[C@@H]1[C@@H]2CC[C@]2(C)C(C(=O)O)CC[C@@H]12. The summed E-state index contributed by atoms with van der Waals surface area (Å²) in [6, 6.07) is 3.89. The Bertz CT molecular complexity index is 682. The first-order valence-corrected chi connectivity index (χ1v) is 9.08. The maximum absolute atomic E-state index is 11.7. The fourth-order valence-corrected chi connectivity index (χ4v) is 6.16. The number of phenolic OH excluding ortho intramolecular Hbond substituents is 1. The van der Waals surface area contributed by atoms with Gasteiger partial charge in [0.1, 0.15) is 0 Å². The van der Waals surface area contributed by atoms with Crippen LogP contribution in [0.3, 0.4) is 0 Å². The largest absolute Gasteiger partial charge is 0.504 e. The lowest BCUT2D eigenvalue weighted by Crippen LogP contribution is -2.44. The summed E-state index contributed by atoms with van der Waals surface area (Å²) >= 11 is 0. The minimum absolute atomic E-state index is 0.0501. The average Bonchev–Trinajstić information content (AvgIpc) is 2.91. The predicted molar refractivity (Wildman–Crippen MR) is 90.4 cm³/mol. The van der Waals surface area contributed by atoms with E-state index in [1.165, 1.54) is 11.1 Å². The van der Waals surface area contributed by atoms with E-state index in [9.17, 15) is 15.0 Å². The smallest absolute Gasteiger partial charge is 0.307 e. The molecular weight excluding hydrogens is 304 g/mol. The second kappa shape index (κ2) is 5.40. The average molecular weight is 330 g/mol. The van der Waals surface area contributed by atoms with Crippen molar-refractivity contribution in [2.45, 2.75) is 51.4 Å². The molecule has 1 unspecified atom stereocenters. The molecule has 0 aromatic heterocycles. The zero-order valence-electron chi connectivity index (χ0n) is 14.4. The maximum atomic E-state index is 11.7. The number of phenols is 1. The molecular formula is C20H26O4. The Labute approximate surface area is 142 Å². The van der Waals surface area contributed by atoms with Crippen molar-refractivity contribution in [3.63, 3.8) is 0 Å². The lowest BCUT2D eigenvalue weighted by Gasteiger charge is -2.50. The van der Waals surface area contributed by atoms with Crippen LogP contribution in [0.25, 0.3) is 0 Å². The third-order valence-electron chi connectivity index (χ3n) is 7.32. The van der Waals surface area contributed by atoms with Gasteiger partial charge in [0.2, 0.25) is 0 Å². The van der Waals surface area contributed by atoms with Gasteiger partial charge < -0.3 is 14.9 Å². The molecule has 2 saturated carbocycles. The molecule has 0 radical (unpaired) electrons. The molecule has 0 spiro atoms. The molecule has 0 bridgehead atoms. The number of ether oxygens (including phenoxy) is 1. The van der Waals surface area contributed by atoms with E-state index in [4.69, 9.17) is 4.74 Å². The number of aromatic hydroxyl groups is 1. The highest BCUT2D eigenvalue weighted by Gasteiger charge is 2.56. The van der Waals surface area contributed by atoms with Crippen LogP contribution >= 0.6 is 0 Å². The van der Waals surface area contributed by atoms with E-state index in [-0.39, 0.29) is 17.1 Å². The number of aryl methyl sites for hydroxylation is 1. The lowest BCUT2D eigenvalue weighted by atomic mass is 9.54. The number of rotatable bonds is 2. The van der Waals surface area contributed by atoms with Gasteiger partial charge in [-0.05, 0) is 85.0 Å².